The van der Waals surface area contributed by atoms with E-state index < -0.39 is 11.2 Å². The number of hydrogen-bond acceptors (Lipinski definition) is 3. The van der Waals surface area contributed by atoms with E-state index in [9.17, 15) is 9.59 Å². The number of H-pyrrole nitrogens is 1. The summed E-state index contributed by atoms with van der Waals surface area (Å²) in [5.74, 6) is 0.724. The zero-order chi connectivity index (χ0) is 18.5. The van der Waals surface area contributed by atoms with Crippen molar-refractivity contribution in [2.24, 2.45) is 7.05 Å². The Hall–Kier alpha value is -3.09. The van der Waals surface area contributed by atoms with Gasteiger partial charge in [0.25, 0.3) is 5.56 Å². The van der Waals surface area contributed by atoms with Gasteiger partial charge >= 0.3 is 5.69 Å². The van der Waals surface area contributed by atoms with Crippen molar-refractivity contribution in [1.29, 1.82) is 0 Å². The number of hydrogen-bond donors (Lipinski definition) is 1. The Bertz CT molecular complexity index is 1250. The molecule has 5 rings (SSSR count). The highest BCUT2D eigenvalue weighted by Gasteiger charge is 2.25. The Morgan fingerprint density at radius 3 is 2.56 bits per heavy atom. The van der Waals surface area contributed by atoms with Gasteiger partial charge in [-0.2, -0.15) is 4.98 Å². The van der Waals surface area contributed by atoms with Crippen LogP contribution in [0.1, 0.15) is 38.1 Å². The van der Waals surface area contributed by atoms with Crippen LogP contribution in [0.15, 0.2) is 46.1 Å². The monoisotopic (exact) mass is 363 g/mol. The number of nitrogens with zero attached hydrogens (tertiary/aromatic N) is 4. The summed E-state index contributed by atoms with van der Waals surface area (Å²) in [6.07, 6.45) is 7.84. The van der Waals surface area contributed by atoms with Gasteiger partial charge in [0.05, 0.1) is 5.69 Å². The van der Waals surface area contributed by atoms with E-state index in [0.717, 1.165) is 29.9 Å². The van der Waals surface area contributed by atoms with E-state index in [1.807, 2.05) is 28.8 Å². The molecule has 1 aliphatic rings. The Labute approximate surface area is 154 Å². The first-order chi connectivity index (χ1) is 13.1. The second kappa shape index (κ2) is 5.97. The highest BCUT2D eigenvalue weighted by molar-refractivity contribution is 5.78. The van der Waals surface area contributed by atoms with Crippen LogP contribution in [-0.4, -0.2) is 23.5 Å². The lowest BCUT2D eigenvalue weighted by molar-refractivity contribution is 0.361. The summed E-state index contributed by atoms with van der Waals surface area (Å²) in [4.78, 5) is 31.6. The van der Waals surface area contributed by atoms with Crippen LogP contribution in [-0.2, 0) is 7.05 Å². The van der Waals surface area contributed by atoms with Gasteiger partial charge in [-0.15, -0.1) is 0 Å². The minimum Gasteiger partial charge on any atom is -0.306 e. The van der Waals surface area contributed by atoms with Crippen molar-refractivity contribution in [2.45, 2.75) is 38.1 Å². The number of imidazole rings is 2. The van der Waals surface area contributed by atoms with Crippen molar-refractivity contribution >= 4 is 16.9 Å². The maximum atomic E-state index is 12.5. The second-order valence-electron chi connectivity index (χ2n) is 7.31. The summed E-state index contributed by atoms with van der Waals surface area (Å²) >= 11 is 0. The van der Waals surface area contributed by atoms with Gasteiger partial charge in [-0.25, -0.2) is 4.79 Å². The molecule has 1 aliphatic carbocycles. The van der Waals surface area contributed by atoms with Gasteiger partial charge < -0.3 is 4.57 Å². The smallest absolute Gasteiger partial charge is 0.306 e. The fourth-order valence-corrected chi connectivity index (χ4v) is 4.30. The molecule has 0 saturated heterocycles. The number of nitrogens with one attached hydrogen (secondary N) is 1. The maximum Gasteiger partial charge on any atom is 0.329 e. The molecule has 1 N–H and O–H groups in total. The minimum atomic E-state index is -0.444. The molecule has 4 aromatic rings. The fraction of sp³-hybridized carbons (Fsp3) is 0.350. The molecule has 138 valence electrons. The summed E-state index contributed by atoms with van der Waals surface area (Å²) in [5, 5.41) is 0. The van der Waals surface area contributed by atoms with Gasteiger partial charge in [0.15, 0.2) is 11.2 Å². The largest absolute Gasteiger partial charge is 0.329 e. The topological polar surface area (TPSA) is 77.1 Å². The summed E-state index contributed by atoms with van der Waals surface area (Å²) in [6.45, 7) is 0. The molecule has 3 heterocycles. The van der Waals surface area contributed by atoms with Crippen molar-refractivity contribution in [1.82, 2.24) is 23.5 Å². The number of benzene rings is 1. The second-order valence-corrected chi connectivity index (χ2v) is 7.31. The Morgan fingerprint density at radius 1 is 1.07 bits per heavy atom. The SMILES string of the molecule is Cn1c(=O)[nH]c(=O)c2c1nc1n(C3CCCCC3)c(-c3ccccc3)cn21. The highest BCUT2D eigenvalue weighted by atomic mass is 16.2. The third-order valence-corrected chi connectivity index (χ3v) is 5.67. The van der Waals surface area contributed by atoms with E-state index >= 15 is 0 Å². The van der Waals surface area contributed by atoms with Crippen molar-refractivity contribution < 1.29 is 0 Å². The molecule has 0 spiro atoms. The summed E-state index contributed by atoms with van der Waals surface area (Å²) in [5.41, 5.74) is 2.15. The molecule has 27 heavy (non-hydrogen) atoms. The first-order valence-electron chi connectivity index (χ1n) is 9.43. The Balaban J connectivity index is 1.88. The Kier molecular flexibility index (Phi) is 3.56. The van der Waals surface area contributed by atoms with E-state index in [4.69, 9.17) is 4.98 Å². The maximum absolute atomic E-state index is 12.5. The number of fused-ring (bicyclic) bond motifs is 3. The normalized spacial score (nSPS) is 15.7. The van der Waals surface area contributed by atoms with Crippen LogP contribution in [0.3, 0.4) is 0 Å². The van der Waals surface area contributed by atoms with Crippen LogP contribution in [0.2, 0.25) is 0 Å². The van der Waals surface area contributed by atoms with Crippen molar-refractivity contribution in [3.8, 4) is 11.3 Å². The molecule has 0 amide bonds. The van der Waals surface area contributed by atoms with Crippen molar-refractivity contribution in [3.05, 3.63) is 57.4 Å². The number of aromatic amines is 1. The summed E-state index contributed by atoms with van der Waals surface area (Å²) in [7, 11) is 1.64. The molecule has 0 radical (unpaired) electrons. The molecule has 1 fully saturated rings. The predicted octanol–water partition coefficient (Wildman–Crippen LogP) is 2.85. The van der Waals surface area contributed by atoms with Gasteiger partial charge in [-0.3, -0.25) is 18.7 Å². The van der Waals surface area contributed by atoms with Crippen LogP contribution < -0.4 is 11.2 Å². The minimum absolute atomic E-state index is 0.347. The third kappa shape index (κ3) is 2.38. The standard InChI is InChI=1S/C20H21N5O2/c1-23-17-16(18(26)22-20(23)27)24-12-15(13-8-4-2-5-9-13)25(19(24)21-17)14-10-6-3-7-11-14/h2,4-5,8-9,12,14H,3,6-7,10-11H2,1H3,(H,22,26,27). The average Bonchev–Trinajstić information content (AvgIpc) is 3.24. The molecule has 0 bridgehead atoms. The molecule has 3 aromatic heterocycles. The lowest BCUT2D eigenvalue weighted by atomic mass is 9.95. The fourth-order valence-electron chi connectivity index (χ4n) is 4.30. The molecule has 7 heteroatoms. The molecular weight excluding hydrogens is 342 g/mol. The van der Waals surface area contributed by atoms with Gasteiger partial charge in [0, 0.05) is 19.3 Å². The number of aryl methyl sites for hydroxylation is 1. The van der Waals surface area contributed by atoms with Gasteiger partial charge in [-0.05, 0) is 18.4 Å². The Morgan fingerprint density at radius 2 is 1.81 bits per heavy atom. The van der Waals surface area contributed by atoms with E-state index in [1.54, 1.807) is 7.05 Å². The van der Waals surface area contributed by atoms with E-state index in [2.05, 4.69) is 21.7 Å². The van der Waals surface area contributed by atoms with E-state index in [1.165, 1.54) is 23.8 Å². The van der Waals surface area contributed by atoms with Crippen LogP contribution >= 0.6 is 0 Å². The van der Waals surface area contributed by atoms with Crippen molar-refractivity contribution in [3.63, 3.8) is 0 Å². The van der Waals surface area contributed by atoms with Crippen LogP contribution in [0.25, 0.3) is 28.2 Å². The average molecular weight is 363 g/mol. The molecular formula is C20H21N5O2. The first kappa shape index (κ1) is 16.1. The molecule has 0 atom stereocenters. The number of aromatic nitrogens is 5. The summed E-state index contributed by atoms with van der Waals surface area (Å²) in [6, 6.07) is 10.5. The molecule has 7 nitrogen and oxygen atoms in total. The molecule has 0 aliphatic heterocycles. The van der Waals surface area contributed by atoms with E-state index in [-0.39, 0.29) is 0 Å². The lowest BCUT2D eigenvalue weighted by Gasteiger charge is -2.25. The van der Waals surface area contributed by atoms with Gasteiger partial charge in [0.2, 0.25) is 5.78 Å². The summed E-state index contributed by atoms with van der Waals surface area (Å²) < 4.78 is 5.50. The van der Waals surface area contributed by atoms with E-state index in [0.29, 0.717) is 17.2 Å². The molecule has 0 unspecified atom stereocenters. The first-order valence-corrected chi connectivity index (χ1v) is 9.43. The third-order valence-electron chi connectivity index (χ3n) is 5.67. The zero-order valence-electron chi connectivity index (χ0n) is 15.2. The lowest BCUT2D eigenvalue weighted by Crippen LogP contribution is -2.28. The zero-order valence-corrected chi connectivity index (χ0v) is 15.2. The molecule has 1 aromatic carbocycles. The quantitative estimate of drug-likeness (QED) is 0.595. The van der Waals surface area contributed by atoms with Crippen LogP contribution in [0, 0.1) is 0 Å². The molecule has 1 saturated carbocycles. The predicted molar refractivity (Wildman–Crippen MR) is 104 cm³/mol. The van der Waals surface area contributed by atoms with Crippen LogP contribution in [0.4, 0.5) is 0 Å². The highest BCUT2D eigenvalue weighted by Crippen LogP contribution is 2.35. The number of rotatable bonds is 2. The van der Waals surface area contributed by atoms with Gasteiger partial charge in [0.1, 0.15) is 0 Å². The van der Waals surface area contributed by atoms with Crippen molar-refractivity contribution in [2.75, 3.05) is 0 Å². The van der Waals surface area contributed by atoms with Gasteiger partial charge in [-0.1, -0.05) is 49.6 Å². The van der Waals surface area contributed by atoms with Crippen LogP contribution in [0.5, 0.6) is 0 Å².